The number of benzene rings is 3. The number of Topliss-reactive ketones (excluding diaryl/α,β-unsaturated/α-hetero) is 1. The zero-order valence-corrected chi connectivity index (χ0v) is 21.8. The number of aromatic amines is 1. The minimum Gasteiger partial charge on any atom is -0.449 e. The Hall–Kier alpha value is -4.39. The van der Waals surface area contributed by atoms with Crippen LogP contribution >= 0.6 is 0 Å². The predicted molar refractivity (Wildman–Crippen MR) is 148 cm³/mol. The molecule has 0 spiro atoms. The summed E-state index contributed by atoms with van der Waals surface area (Å²) in [6.07, 6.45) is 0.980. The number of nitrogens with zero attached hydrogens (tertiary/aromatic N) is 1. The van der Waals surface area contributed by atoms with E-state index in [1.807, 2.05) is 38.1 Å². The van der Waals surface area contributed by atoms with Crippen LogP contribution in [0.1, 0.15) is 58.5 Å². The summed E-state index contributed by atoms with van der Waals surface area (Å²) in [6.45, 7) is 6.95. The Balaban J connectivity index is 1.25. The minimum absolute atomic E-state index is 0.0512. The number of alkyl carbamates (subject to hydrolysis) is 1. The Morgan fingerprint density at radius 1 is 0.947 bits per heavy atom. The maximum atomic E-state index is 13.2. The van der Waals surface area contributed by atoms with Crippen LogP contribution in [0.15, 0.2) is 72.9 Å². The van der Waals surface area contributed by atoms with Gasteiger partial charge in [-0.2, -0.15) is 0 Å². The van der Waals surface area contributed by atoms with Gasteiger partial charge in [0.1, 0.15) is 6.61 Å². The minimum atomic E-state index is -0.790. The molecule has 5 rings (SSSR count). The van der Waals surface area contributed by atoms with Crippen LogP contribution in [0.5, 0.6) is 0 Å². The molecule has 194 valence electrons. The smallest absolute Gasteiger partial charge is 0.407 e. The standard InChI is InChI=1S/C31H31N3O4/c1-4-34(5-2)30(36)20-14-15-25-26(17-32-28(25)16-20)29(35)19(3)33-31(37)38-18-27-23-12-8-6-10-21(23)22-11-7-9-13-24(22)27/h6-17,19,27,32H,4-5,18H2,1-3H3,(H,33,37). The van der Waals surface area contributed by atoms with E-state index in [1.54, 1.807) is 36.2 Å². The van der Waals surface area contributed by atoms with Crippen LogP contribution in [-0.4, -0.2) is 53.4 Å². The highest BCUT2D eigenvalue weighted by Crippen LogP contribution is 2.44. The summed E-state index contributed by atoms with van der Waals surface area (Å²) in [5.74, 6) is -0.349. The van der Waals surface area contributed by atoms with Crippen molar-refractivity contribution in [2.75, 3.05) is 19.7 Å². The maximum Gasteiger partial charge on any atom is 0.407 e. The Kier molecular flexibility index (Phi) is 7.01. The number of hydrogen-bond donors (Lipinski definition) is 2. The average molecular weight is 510 g/mol. The molecule has 1 aliphatic rings. The molecule has 3 aromatic carbocycles. The van der Waals surface area contributed by atoms with Crippen LogP contribution < -0.4 is 5.32 Å². The fraction of sp³-hybridized carbons (Fsp3) is 0.258. The molecule has 1 unspecified atom stereocenters. The topological polar surface area (TPSA) is 91.5 Å². The third kappa shape index (κ3) is 4.56. The molecule has 38 heavy (non-hydrogen) atoms. The van der Waals surface area contributed by atoms with Gasteiger partial charge in [-0.25, -0.2) is 4.79 Å². The maximum absolute atomic E-state index is 13.2. The van der Waals surface area contributed by atoms with Gasteiger partial charge in [-0.15, -0.1) is 0 Å². The molecule has 1 atom stereocenters. The van der Waals surface area contributed by atoms with E-state index in [4.69, 9.17) is 4.74 Å². The van der Waals surface area contributed by atoms with Crippen LogP contribution in [0.25, 0.3) is 22.0 Å². The Morgan fingerprint density at radius 2 is 1.58 bits per heavy atom. The molecule has 1 aromatic heterocycles. The molecule has 7 nitrogen and oxygen atoms in total. The Labute approximate surface area is 221 Å². The van der Waals surface area contributed by atoms with E-state index in [2.05, 4.69) is 34.6 Å². The second-order valence-corrected chi connectivity index (χ2v) is 9.50. The van der Waals surface area contributed by atoms with E-state index in [-0.39, 0.29) is 24.2 Å². The quantitative estimate of drug-likeness (QED) is 0.296. The summed E-state index contributed by atoms with van der Waals surface area (Å²) in [5.41, 5.74) is 6.27. The normalized spacial score (nSPS) is 13.0. The molecule has 1 aliphatic carbocycles. The van der Waals surface area contributed by atoms with E-state index in [1.165, 1.54) is 0 Å². The highest BCUT2D eigenvalue weighted by atomic mass is 16.5. The summed E-state index contributed by atoms with van der Waals surface area (Å²) in [7, 11) is 0. The van der Waals surface area contributed by atoms with Crippen molar-refractivity contribution in [3.63, 3.8) is 0 Å². The van der Waals surface area contributed by atoms with Crippen molar-refractivity contribution in [3.05, 3.63) is 95.2 Å². The third-order valence-corrected chi connectivity index (χ3v) is 7.32. The highest BCUT2D eigenvalue weighted by molar-refractivity contribution is 6.11. The van der Waals surface area contributed by atoms with Crippen LogP contribution in [-0.2, 0) is 4.74 Å². The third-order valence-electron chi connectivity index (χ3n) is 7.32. The molecular weight excluding hydrogens is 478 g/mol. The molecule has 0 aliphatic heterocycles. The van der Waals surface area contributed by atoms with Gasteiger partial charge in [0.05, 0.1) is 6.04 Å². The summed E-state index contributed by atoms with van der Waals surface area (Å²) in [6, 6.07) is 20.8. The van der Waals surface area contributed by atoms with Crippen molar-refractivity contribution >= 4 is 28.7 Å². The first-order chi connectivity index (χ1) is 18.4. The van der Waals surface area contributed by atoms with Crippen molar-refractivity contribution in [3.8, 4) is 11.1 Å². The number of carbonyl (C=O) groups is 3. The largest absolute Gasteiger partial charge is 0.449 e. The second-order valence-electron chi connectivity index (χ2n) is 9.50. The number of hydrogen-bond acceptors (Lipinski definition) is 4. The van der Waals surface area contributed by atoms with Gasteiger partial charge in [-0.05, 0) is 55.2 Å². The number of ether oxygens (including phenoxy) is 1. The first kappa shape index (κ1) is 25.3. The monoisotopic (exact) mass is 509 g/mol. The van der Waals surface area contributed by atoms with Crippen LogP contribution in [0, 0.1) is 0 Å². The van der Waals surface area contributed by atoms with Gasteiger partial charge in [-0.3, -0.25) is 9.59 Å². The molecule has 0 saturated heterocycles. The van der Waals surface area contributed by atoms with E-state index in [0.717, 1.165) is 22.3 Å². The summed E-state index contributed by atoms with van der Waals surface area (Å²) >= 11 is 0. The molecule has 0 bridgehead atoms. The fourth-order valence-electron chi connectivity index (χ4n) is 5.27. The van der Waals surface area contributed by atoms with E-state index < -0.39 is 12.1 Å². The molecule has 0 saturated carbocycles. The number of rotatable bonds is 8. The molecule has 0 radical (unpaired) electrons. The van der Waals surface area contributed by atoms with E-state index in [9.17, 15) is 14.4 Å². The molecular formula is C31H31N3O4. The van der Waals surface area contributed by atoms with Gasteiger partial charge in [0, 0.05) is 47.2 Å². The Bertz CT molecular complexity index is 1470. The van der Waals surface area contributed by atoms with E-state index in [0.29, 0.717) is 35.1 Å². The van der Waals surface area contributed by atoms with Crippen molar-refractivity contribution < 1.29 is 19.1 Å². The molecule has 4 aromatic rings. The lowest BCUT2D eigenvalue weighted by Crippen LogP contribution is -2.39. The van der Waals surface area contributed by atoms with Gasteiger partial charge in [-0.1, -0.05) is 54.6 Å². The molecule has 2 amide bonds. The second kappa shape index (κ2) is 10.5. The number of H-pyrrole nitrogens is 1. The van der Waals surface area contributed by atoms with E-state index >= 15 is 0 Å². The van der Waals surface area contributed by atoms with Crippen LogP contribution in [0.4, 0.5) is 4.79 Å². The van der Waals surface area contributed by atoms with Gasteiger partial charge >= 0.3 is 6.09 Å². The SMILES string of the molecule is CCN(CC)C(=O)c1ccc2c(C(=O)C(C)NC(=O)OCC3c4ccccc4-c4ccccc43)c[nH]c2c1. The highest BCUT2D eigenvalue weighted by Gasteiger charge is 2.29. The van der Waals surface area contributed by atoms with Gasteiger partial charge in [0.2, 0.25) is 0 Å². The zero-order chi connectivity index (χ0) is 26.8. The van der Waals surface area contributed by atoms with Gasteiger partial charge in [0.15, 0.2) is 5.78 Å². The van der Waals surface area contributed by atoms with Crippen LogP contribution in [0.3, 0.4) is 0 Å². The molecule has 7 heteroatoms. The van der Waals surface area contributed by atoms with Gasteiger partial charge < -0.3 is 19.9 Å². The van der Waals surface area contributed by atoms with Crippen molar-refractivity contribution in [1.29, 1.82) is 0 Å². The van der Waals surface area contributed by atoms with Crippen molar-refractivity contribution in [1.82, 2.24) is 15.2 Å². The lowest BCUT2D eigenvalue weighted by Gasteiger charge is -2.18. The summed E-state index contributed by atoms with van der Waals surface area (Å²) in [5, 5.41) is 3.38. The molecule has 1 heterocycles. The number of amides is 2. The predicted octanol–water partition coefficient (Wildman–Crippen LogP) is 5.76. The van der Waals surface area contributed by atoms with Gasteiger partial charge in [0.25, 0.3) is 5.91 Å². The summed E-state index contributed by atoms with van der Waals surface area (Å²) in [4.78, 5) is 43.4. The number of aromatic nitrogens is 1. The lowest BCUT2D eigenvalue weighted by atomic mass is 9.98. The first-order valence-corrected chi connectivity index (χ1v) is 13.0. The first-order valence-electron chi connectivity index (χ1n) is 13.0. The Morgan fingerprint density at radius 3 is 2.21 bits per heavy atom. The van der Waals surface area contributed by atoms with Crippen molar-refractivity contribution in [2.45, 2.75) is 32.7 Å². The fourth-order valence-corrected chi connectivity index (χ4v) is 5.27. The summed E-state index contributed by atoms with van der Waals surface area (Å²) < 4.78 is 5.60. The lowest BCUT2D eigenvalue weighted by molar-refractivity contribution is 0.0773. The number of nitrogens with one attached hydrogen (secondary N) is 2. The number of ketones is 1. The molecule has 2 N–H and O–H groups in total. The zero-order valence-electron chi connectivity index (χ0n) is 21.8. The number of carbonyl (C=O) groups excluding carboxylic acids is 3. The number of fused-ring (bicyclic) bond motifs is 4. The van der Waals surface area contributed by atoms with Crippen molar-refractivity contribution in [2.24, 2.45) is 0 Å². The molecule has 0 fully saturated rings. The van der Waals surface area contributed by atoms with Crippen LogP contribution in [0.2, 0.25) is 0 Å². The average Bonchev–Trinajstić information content (AvgIpc) is 3.51.